The van der Waals surface area contributed by atoms with E-state index in [1.807, 2.05) is 6.92 Å². The minimum Gasteiger partial charge on any atom is -0.348 e. The van der Waals surface area contributed by atoms with Crippen molar-refractivity contribution >= 4 is 5.91 Å². The minimum absolute atomic E-state index is 0.138. The Labute approximate surface area is 123 Å². The molecule has 1 rings (SSSR count). The summed E-state index contributed by atoms with van der Waals surface area (Å²) in [4.78, 5) is 35.3. The highest BCUT2D eigenvalue weighted by molar-refractivity contribution is 5.76. The van der Waals surface area contributed by atoms with Crippen LogP contribution in [0.1, 0.15) is 27.2 Å². The number of carbonyl (C=O) groups excluding carboxylic acids is 1. The van der Waals surface area contributed by atoms with Crippen molar-refractivity contribution in [2.75, 3.05) is 6.54 Å². The van der Waals surface area contributed by atoms with Gasteiger partial charge in [0.15, 0.2) is 0 Å². The zero-order chi connectivity index (χ0) is 16.2. The summed E-state index contributed by atoms with van der Waals surface area (Å²) < 4.78 is 2.16. The number of rotatable bonds is 6. The molecule has 0 spiro atoms. The summed E-state index contributed by atoms with van der Waals surface area (Å²) in [6, 6.07) is 1.25. The van der Waals surface area contributed by atoms with Crippen LogP contribution in [0.15, 0.2) is 21.9 Å². The molecule has 7 nitrogen and oxygen atoms in total. The molecule has 118 valence electrons. The van der Waals surface area contributed by atoms with Crippen LogP contribution >= 0.6 is 0 Å². The Hall–Kier alpha value is -1.89. The smallest absolute Gasteiger partial charge is 0.331 e. The topological polar surface area (TPSA) is 99.1 Å². The van der Waals surface area contributed by atoms with Crippen molar-refractivity contribution in [3.63, 3.8) is 0 Å². The first-order chi connectivity index (χ1) is 9.68. The summed E-state index contributed by atoms with van der Waals surface area (Å²) in [5, 5.41) is 2.87. The molecule has 0 aromatic carbocycles. The molecule has 0 saturated carbocycles. The van der Waals surface area contributed by atoms with Gasteiger partial charge in [-0.1, -0.05) is 13.8 Å². The van der Waals surface area contributed by atoms with Gasteiger partial charge >= 0.3 is 5.69 Å². The molecule has 7 heteroatoms. The van der Waals surface area contributed by atoms with E-state index in [4.69, 9.17) is 5.73 Å². The molecule has 0 radical (unpaired) electrons. The zero-order valence-corrected chi connectivity index (χ0v) is 13.0. The monoisotopic (exact) mass is 296 g/mol. The second-order valence-corrected chi connectivity index (χ2v) is 6.03. The standard InChI is InChI=1S/C14H24N4O3/c1-10(2)7-14(3,9-15)16-11(19)8-18-6-5-12(20)17(4)13(18)21/h5-6,10H,7-9,15H2,1-4H3,(H,16,19). The first-order valence-electron chi connectivity index (χ1n) is 6.96. The van der Waals surface area contributed by atoms with E-state index in [0.717, 1.165) is 11.0 Å². The predicted molar refractivity (Wildman–Crippen MR) is 81.0 cm³/mol. The lowest BCUT2D eigenvalue weighted by molar-refractivity contribution is -0.123. The number of hydrogen-bond acceptors (Lipinski definition) is 4. The van der Waals surface area contributed by atoms with Crippen LogP contribution in [0.5, 0.6) is 0 Å². The highest BCUT2D eigenvalue weighted by atomic mass is 16.2. The van der Waals surface area contributed by atoms with Crippen molar-refractivity contribution in [1.29, 1.82) is 0 Å². The fourth-order valence-corrected chi connectivity index (χ4v) is 2.35. The van der Waals surface area contributed by atoms with Crippen LogP contribution in [0.25, 0.3) is 0 Å². The van der Waals surface area contributed by atoms with Crippen molar-refractivity contribution in [2.45, 2.75) is 39.3 Å². The quantitative estimate of drug-likeness (QED) is 0.734. The second-order valence-electron chi connectivity index (χ2n) is 6.03. The van der Waals surface area contributed by atoms with Gasteiger partial charge in [0.25, 0.3) is 5.56 Å². The van der Waals surface area contributed by atoms with E-state index < -0.39 is 16.8 Å². The van der Waals surface area contributed by atoms with Crippen molar-refractivity contribution in [2.24, 2.45) is 18.7 Å². The minimum atomic E-state index is -0.518. The third kappa shape index (κ3) is 4.56. The van der Waals surface area contributed by atoms with Crippen molar-refractivity contribution in [3.8, 4) is 0 Å². The van der Waals surface area contributed by atoms with Gasteiger partial charge in [0.1, 0.15) is 6.54 Å². The van der Waals surface area contributed by atoms with E-state index in [0.29, 0.717) is 12.5 Å². The second kappa shape index (κ2) is 6.71. The Balaban J connectivity index is 2.85. The van der Waals surface area contributed by atoms with E-state index in [1.54, 1.807) is 0 Å². The molecule has 0 aliphatic rings. The summed E-state index contributed by atoms with van der Waals surface area (Å²) in [6.07, 6.45) is 2.07. The van der Waals surface area contributed by atoms with Crippen LogP contribution in [0.2, 0.25) is 0 Å². The first kappa shape index (κ1) is 17.2. The van der Waals surface area contributed by atoms with Crippen LogP contribution in [0.4, 0.5) is 0 Å². The number of nitrogens with zero attached hydrogens (tertiary/aromatic N) is 2. The largest absolute Gasteiger partial charge is 0.348 e. The fraction of sp³-hybridized carbons (Fsp3) is 0.643. The van der Waals surface area contributed by atoms with Crippen molar-refractivity contribution in [1.82, 2.24) is 14.5 Å². The molecule has 1 atom stereocenters. The van der Waals surface area contributed by atoms with E-state index >= 15 is 0 Å². The first-order valence-corrected chi connectivity index (χ1v) is 6.96. The number of hydrogen-bond donors (Lipinski definition) is 2. The molecule has 1 aromatic heterocycles. The molecular formula is C14H24N4O3. The van der Waals surface area contributed by atoms with Gasteiger partial charge in [-0.05, 0) is 19.3 Å². The Morgan fingerprint density at radius 2 is 2.05 bits per heavy atom. The maximum absolute atomic E-state index is 12.1. The summed E-state index contributed by atoms with van der Waals surface area (Å²) in [6.45, 7) is 6.17. The maximum Gasteiger partial charge on any atom is 0.331 e. The van der Waals surface area contributed by atoms with Crippen molar-refractivity contribution in [3.05, 3.63) is 33.1 Å². The van der Waals surface area contributed by atoms with Gasteiger partial charge < -0.3 is 11.1 Å². The number of carbonyl (C=O) groups is 1. The van der Waals surface area contributed by atoms with Crippen LogP contribution in [0, 0.1) is 5.92 Å². The van der Waals surface area contributed by atoms with Crippen LogP contribution in [-0.4, -0.2) is 27.1 Å². The van der Waals surface area contributed by atoms with Gasteiger partial charge in [-0.3, -0.25) is 18.7 Å². The van der Waals surface area contributed by atoms with E-state index in [9.17, 15) is 14.4 Å². The highest BCUT2D eigenvalue weighted by Crippen LogP contribution is 2.15. The molecule has 3 N–H and O–H groups in total. The average Bonchev–Trinajstić information content (AvgIpc) is 2.38. The van der Waals surface area contributed by atoms with Gasteiger partial charge in [-0.15, -0.1) is 0 Å². The fourth-order valence-electron chi connectivity index (χ4n) is 2.35. The Morgan fingerprint density at radius 3 is 2.57 bits per heavy atom. The number of aromatic nitrogens is 2. The van der Waals surface area contributed by atoms with Crippen LogP contribution < -0.4 is 22.3 Å². The van der Waals surface area contributed by atoms with Gasteiger partial charge in [0.05, 0.1) is 0 Å². The summed E-state index contributed by atoms with van der Waals surface area (Å²) in [5.74, 6) is 0.0865. The van der Waals surface area contributed by atoms with Gasteiger partial charge in [0, 0.05) is 31.4 Å². The molecule has 1 amide bonds. The van der Waals surface area contributed by atoms with Gasteiger partial charge in [0.2, 0.25) is 5.91 Å². The molecule has 0 bridgehead atoms. The van der Waals surface area contributed by atoms with E-state index in [-0.39, 0.29) is 12.5 Å². The predicted octanol–water partition coefficient (Wildman–Crippen LogP) is -0.573. The van der Waals surface area contributed by atoms with E-state index in [1.165, 1.54) is 23.9 Å². The average molecular weight is 296 g/mol. The van der Waals surface area contributed by atoms with Crippen LogP contribution in [0.3, 0.4) is 0 Å². The molecule has 1 unspecified atom stereocenters. The molecule has 1 heterocycles. The summed E-state index contributed by atoms with van der Waals surface area (Å²) >= 11 is 0. The zero-order valence-electron chi connectivity index (χ0n) is 13.0. The third-order valence-corrected chi connectivity index (χ3v) is 3.32. The summed E-state index contributed by atoms with van der Waals surface area (Å²) in [5.41, 5.74) is 4.32. The normalized spacial score (nSPS) is 14.0. The lowest BCUT2D eigenvalue weighted by Gasteiger charge is -2.31. The molecule has 1 aromatic rings. The number of nitrogens with one attached hydrogen (secondary N) is 1. The number of nitrogens with two attached hydrogens (primary N) is 1. The molecular weight excluding hydrogens is 272 g/mol. The van der Waals surface area contributed by atoms with Gasteiger partial charge in [-0.25, -0.2) is 4.79 Å². The molecule has 0 saturated heterocycles. The summed E-state index contributed by atoms with van der Waals surface area (Å²) in [7, 11) is 1.38. The molecule has 0 fully saturated rings. The van der Waals surface area contributed by atoms with Crippen molar-refractivity contribution < 1.29 is 4.79 Å². The SMILES string of the molecule is CC(C)CC(C)(CN)NC(=O)Cn1ccc(=O)n(C)c1=O. The molecule has 0 aliphatic heterocycles. The Kier molecular flexibility index (Phi) is 5.48. The Morgan fingerprint density at radius 1 is 1.43 bits per heavy atom. The Bertz CT molecular complexity index is 617. The van der Waals surface area contributed by atoms with Crippen LogP contribution in [-0.2, 0) is 18.4 Å². The lowest BCUT2D eigenvalue weighted by Crippen LogP contribution is -2.53. The van der Waals surface area contributed by atoms with Gasteiger partial charge in [-0.2, -0.15) is 0 Å². The number of amides is 1. The maximum atomic E-state index is 12.1. The van der Waals surface area contributed by atoms with E-state index in [2.05, 4.69) is 19.2 Å². The lowest BCUT2D eigenvalue weighted by atomic mass is 9.91. The highest BCUT2D eigenvalue weighted by Gasteiger charge is 2.25. The molecule has 21 heavy (non-hydrogen) atoms. The molecule has 0 aliphatic carbocycles. The third-order valence-electron chi connectivity index (χ3n) is 3.32.